The van der Waals surface area contributed by atoms with Gasteiger partial charge in [0.15, 0.2) is 0 Å². The molecular formula is C15H21N5O. The zero-order chi connectivity index (χ0) is 15.2. The van der Waals surface area contributed by atoms with Crippen molar-refractivity contribution in [2.24, 2.45) is 0 Å². The molecule has 2 rings (SSSR count). The summed E-state index contributed by atoms with van der Waals surface area (Å²) in [5.74, 6) is -0.236. The molecule has 2 aromatic rings. The van der Waals surface area contributed by atoms with Gasteiger partial charge in [0.2, 0.25) is 0 Å². The second-order valence-corrected chi connectivity index (χ2v) is 5.12. The van der Waals surface area contributed by atoms with Gasteiger partial charge in [-0.2, -0.15) is 5.10 Å². The molecule has 2 aromatic heterocycles. The standard InChI is InChI=1S/C15H21N5O/c1-4-7-16-12-5-6-14(17-8-12)15(21)19-13-9-18-20(10-13)11(2)3/h5-6,8-11,16H,4,7H2,1-3H3,(H,19,21). The second-order valence-electron chi connectivity index (χ2n) is 5.12. The van der Waals surface area contributed by atoms with E-state index in [4.69, 9.17) is 0 Å². The van der Waals surface area contributed by atoms with Crippen LogP contribution in [0.3, 0.4) is 0 Å². The summed E-state index contributed by atoms with van der Waals surface area (Å²) in [5.41, 5.74) is 1.97. The van der Waals surface area contributed by atoms with Crippen LogP contribution in [0.4, 0.5) is 11.4 Å². The Morgan fingerprint density at radius 3 is 2.67 bits per heavy atom. The highest BCUT2D eigenvalue weighted by molar-refractivity contribution is 6.02. The van der Waals surface area contributed by atoms with Gasteiger partial charge in [0.1, 0.15) is 5.69 Å². The molecule has 0 atom stereocenters. The molecule has 112 valence electrons. The molecule has 0 fully saturated rings. The van der Waals surface area contributed by atoms with E-state index in [0.717, 1.165) is 18.7 Å². The molecule has 0 radical (unpaired) electrons. The van der Waals surface area contributed by atoms with Crippen LogP contribution in [-0.2, 0) is 0 Å². The van der Waals surface area contributed by atoms with E-state index in [1.165, 1.54) is 0 Å². The maximum Gasteiger partial charge on any atom is 0.274 e. The highest BCUT2D eigenvalue weighted by atomic mass is 16.1. The van der Waals surface area contributed by atoms with Gasteiger partial charge in [0, 0.05) is 18.8 Å². The van der Waals surface area contributed by atoms with Crippen molar-refractivity contribution in [3.63, 3.8) is 0 Å². The number of hydrogen-bond acceptors (Lipinski definition) is 4. The van der Waals surface area contributed by atoms with E-state index in [1.54, 1.807) is 29.3 Å². The van der Waals surface area contributed by atoms with Crippen molar-refractivity contribution in [2.75, 3.05) is 17.2 Å². The summed E-state index contributed by atoms with van der Waals surface area (Å²) < 4.78 is 1.79. The van der Waals surface area contributed by atoms with Gasteiger partial charge in [-0.1, -0.05) is 6.92 Å². The van der Waals surface area contributed by atoms with Gasteiger partial charge in [-0.3, -0.25) is 9.48 Å². The quantitative estimate of drug-likeness (QED) is 0.857. The first-order valence-corrected chi connectivity index (χ1v) is 7.15. The van der Waals surface area contributed by atoms with Crippen LogP contribution in [0.15, 0.2) is 30.7 Å². The van der Waals surface area contributed by atoms with Crippen molar-refractivity contribution in [3.8, 4) is 0 Å². The summed E-state index contributed by atoms with van der Waals surface area (Å²) in [6.45, 7) is 7.05. The van der Waals surface area contributed by atoms with Gasteiger partial charge >= 0.3 is 0 Å². The van der Waals surface area contributed by atoms with Gasteiger partial charge in [0.05, 0.1) is 23.8 Å². The van der Waals surface area contributed by atoms with Crippen molar-refractivity contribution >= 4 is 17.3 Å². The van der Waals surface area contributed by atoms with Gasteiger partial charge in [0.25, 0.3) is 5.91 Å². The highest BCUT2D eigenvalue weighted by Gasteiger charge is 2.09. The number of nitrogens with zero attached hydrogens (tertiary/aromatic N) is 3. The number of nitrogens with one attached hydrogen (secondary N) is 2. The fourth-order valence-electron chi connectivity index (χ4n) is 1.78. The van der Waals surface area contributed by atoms with Gasteiger partial charge in [-0.15, -0.1) is 0 Å². The van der Waals surface area contributed by atoms with Crippen LogP contribution in [0, 0.1) is 0 Å². The predicted molar refractivity (Wildman–Crippen MR) is 83.6 cm³/mol. The molecule has 0 aliphatic heterocycles. The lowest BCUT2D eigenvalue weighted by Crippen LogP contribution is -2.13. The molecule has 0 saturated carbocycles. The van der Waals surface area contributed by atoms with Crippen LogP contribution < -0.4 is 10.6 Å². The average molecular weight is 287 g/mol. The third-order valence-electron chi connectivity index (χ3n) is 2.96. The van der Waals surface area contributed by atoms with Crippen molar-refractivity contribution in [1.82, 2.24) is 14.8 Å². The van der Waals surface area contributed by atoms with Crippen LogP contribution in [0.5, 0.6) is 0 Å². The summed E-state index contributed by atoms with van der Waals surface area (Å²) in [6, 6.07) is 3.83. The summed E-state index contributed by atoms with van der Waals surface area (Å²) in [7, 11) is 0. The summed E-state index contributed by atoms with van der Waals surface area (Å²) in [5, 5.41) is 10.2. The molecule has 1 amide bonds. The molecule has 0 aromatic carbocycles. The number of amides is 1. The van der Waals surface area contributed by atoms with E-state index in [2.05, 4.69) is 27.6 Å². The molecule has 0 spiro atoms. The summed E-state index contributed by atoms with van der Waals surface area (Å²) >= 11 is 0. The van der Waals surface area contributed by atoms with E-state index < -0.39 is 0 Å². The Bertz CT molecular complexity index is 588. The van der Waals surface area contributed by atoms with Gasteiger partial charge < -0.3 is 10.6 Å². The molecular weight excluding hydrogens is 266 g/mol. The maximum atomic E-state index is 12.1. The Hall–Kier alpha value is -2.37. The molecule has 0 saturated heterocycles. The number of aromatic nitrogens is 3. The molecule has 0 bridgehead atoms. The van der Waals surface area contributed by atoms with Gasteiger partial charge in [-0.25, -0.2) is 4.98 Å². The second kappa shape index (κ2) is 6.88. The third-order valence-corrected chi connectivity index (χ3v) is 2.96. The Kier molecular flexibility index (Phi) is 4.92. The summed E-state index contributed by atoms with van der Waals surface area (Å²) in [4.78, 5) is 16.3. The van der Waals surface area contributed by atoms with Crippen LogP contribution in [0.2, 0.25) is 0 Å². The van der Waals surface area contributed by atoms with E-state index in [-0.39, 0.29) is 11.9 Å². The van der Waals surface area contributed by atoms with E-state index in [0.29, 0.717) is 11.4 Å². The number of rotatable bonds is 6. The van der Waals surface area contributed by atoms with Crippen molar-refractivity contribution < 1.29 is 4.79 Å². The molecule has 0 unspecified atom stereocenters. The number of carbonyl (C=O) groups excluding carboxylic acids is 1. The minimum Gasteiger partial charge on any atom is -0.384 e. The first-order chi connectivity index (χ1) is 10.1. The zero-order valence-corrected chi connectivity index (χ0v) is 12.6. The molecule has 6 nitrogen and oxygen atoms in total. The topological polar surface area (TPSA) is 71.8 Å². The highest BCUT2D eigenvalue weighted by Crippen LogP contribution is 2.12. The number of anilines is 2. The first-order valence-electron chi connectivity index (χ1n) is 7.15. The van der Waals surface area contributed by atoms with E-state index >= 15 is 0 Å². The largest absolute Gasteiger partial charge is 0.384 e. The van der Waals surface area contributed by atoms with Crippen LogP contribution >= 0.6 is 0 Å². The number of carbonyl (C=O) groups is 1. The smallest absolute Gasteiger partial charge is 0.274 e. The van der Waals surface area contributed by atoms with Crippen molar-refractivity contribution in [2.45, 2.75) is 33.2 Å². The van der Waals surface area contributed by atoms with E-state index in [1.807, 2.05) is 19.9 Å². The van der Waals surface area contributed by atoms with Gasteiger partial charge in [-0.05, 0) is 32.4 Å². The van der Waals surface area contributed by atoms with Crippen molar-refractivity contribution in [3.05, 3.63) is 36.4 Å². The lowest BCUT2D eigenvalue weighted by atomic mass is 10.3. The Morgan fingerprint density at radius 1 is 1.29 bits per heavy atom. The lowest BCUT2D eigenvalue weighted by Gasteiger charge is -2.06. The van der Waals surface area contributed by atoms with Crippen LogP contribution in [0.25, 0.3) is 0 Å². The monoisotopic (exact) mass is 287 g/mol. The Labute approximate surface area is 124 Å². The Balaban J connectivity index is 1.99. The normalized spacial score (nSPS) is 10.7. The third kappa shape index (κ3) is 4.05. The molecule has 0 aliphatic rings. The molecule has 21 heavy (non-hydrogen) atoms. The lowest BCUT2D eigenvalue weighted by molar-refractivity contribution is 0.102. The molecule has 0 aliphatic carbocycles. The minimum atomic E-state index is -0.236. The molecule has 2 heterocycles. The minimum absolute atomic E-state index is 0.236. The maximum absolute atomic E-state index is 12.1. The fraction of sp³-hybridized carbons (Fsp3) is 0.400. The number of hydrogen-bond donors (Lipinski definition) is 2. The van der Waals surface area contributed by atoms with Crippen molar-refractivity contribution in [1.29, 1.82) is 0 Å². The van der Waals surface area contributed by atoms with Crippen LogP contribution in [0.1, 0.15) is 43.7 Å². The number of pyridine rings is 1. The molecule has 6 heteroatoms. The zero-order valence-electron chi connectivity index (χ0n) is 12.6. The average Bonchev–Trinajstić information content (AvgIpc) is 2.94. The Morgan fingerprint density at radius 2 is 2.10 bits per heavy atom. The first kappa shape index (κ1) is 15.0. The van der Waals surface area contributed by atoms with E-state index in [9.17, 15) is 4.79 Å². The summed E-state index contributed by atoms with van der Waals surface area (Å²) in [6.07, 6.45) is 6.15. The SMILES string of the molecule is CCCNc1ccc(C(=O)Nc2cnn(C(C)C)c2)nc1. The fourth-order valence-corrected chi connectivity index (χ4v) is 1.78. The predicted octanol–water partition coefficient (Wildman–Crippen LogP) is 2.93. The van der Waals surface area contributed by atoms with Crippen LogP contribution in [-0.4, -0.2) is 27.2 Å². The molecule has 2 N–H and O–H groups in total.